The number of aryl methyl sites for hydroxylation is 1. The number of methoxy groups -OCH3 is 1. The van der Waals surface area contributed by atoms with Gasteiger partial charge in [0.15, 0.2) is 0 Å². The summed E-state index contributed by atoms with van der Waals surface area (Å²) in [4.78, 5) is 0. The van der Waals surface area contributed by atoms with Gasteiger partial charge >= 0.3 is 0 Å². The van der Waals surface area contributed by atoms with Crippen LogP contribution in [0.5, 0.6) is 11.5 Å². The first-order valence-corrected chi connectivity index (χ1v) is 7.76. The molecule has 1 aliphatic rings. The summed E-state index contributed by atoms with van der Waals surface area (Å²) in [5, 5.41) is 3.29. The van der Waals surface area contributed by atoms with Crippen LogP contribution in [0.3, 0.4) is 0 Å². The lowest BCUT2D eigenvalue weighted by Gasteiger charge is -2.23. The zero-order valence-electron chi connectivity index (χ0n) is 13.4. The van der Waals surface area contributed by atoms with Gasteiger partial charge in [-0.15, -0.1) is 0 Å². The van der Waals surface area contributed by atoms with E-state index in [1.54, 1.807) is 7.11 Å². The van der Waals surface area contributed by atoms with Gasteiger partial charge < -0.3 is 14.8 Å². The second-order valence-corrected chi connectivity index (χ2v) is 5.89. The van der Waals surface area contributed by atoms with E-state index in [0.717, 1.165) is 24.5 Å². The van der Waals surface area contributed by atoms with Crippen molar-refractivity contribution in [2.24, 2.45) is 5.92 Å². The van der Waals surface area contributed by atoms with Gasteiger partial charge in [0.2, 0.25) is 0 Å². The predicted molar refractivity (Wildman–Crippen MR) is 88.7 cm³/mol. The molecule has 3 rings (SSSR count). The molecule has 1 N–H and O–H groups in total. The number of hydrogen-bond donors (Lipinski definition) is 1. The smallest absolute Gasteiger partial charge is 0.128 e. The molecule has 0 aliphatic heterocycles. The molecule has 0 heterocycles. The number of nitrogens with one attached hydrogen (secondary N) is 1. The van der Waals surface area contributed by atoms with E-state index in [1.165, 1.54) is 16.7 Å². The van der Waals surface area contributed by atoms with Crippen LogP contribution in [0.25, 0.3) is 0 Å². The monoisotopic (exact) mass is 297 g/mol. The van der Waals surface area contributed by atoms with Gasteiger partial charge in [0, 0.05) is 12.5 Å². The standard InChI is InChI=1S/C19H23NO2/c1-13-6-4-5-7-18(13)22-19-15(12-20-2)10-14-11-16(21-3)8-9-17(14)19/h4-9,11,15,19-20H,10,12H2,1-3H3. The maximum Gasteiger partial charge on any atom is 0.128 e. The fraction of sp³-hybridized carbons (Fsp3) is 0.368. The lowest BCUT2D eigenvalue weighted by atomic mass is 10.0. The van der Waals surface area contributed by atoms with Crippen molar-refractivity contribution in [2.45, 2.75) is 19.4 Å². The highest BCUT2D eigenvalue weighted by atomic mass is 16.5. The molecule has 2 atom stereocenters. The van der Waals surface area contributed by atoms with Gasteiger partial charge in [-0.2, -0.15) is 0 Å². The third-order valence-corrected chi connectivity index (χ3v) is 4.38. The van der Waals surface area contributed by atoms with Crippen molar-refractivity contribution in [2.75, 3.05) is 20.7 Å². The highest BCUT2D eigenvalue weighted by molar-refractivity contribution is 5.42. The highest BCUT2D eigenvalue weighted by Gasteiger charge is 2.34. The number of fused-ring (bicyclic) bond motifs is 1. The minimum Gasteiger partial charge on any atom is -0.497 e. The molecule has 116 valence electrons. The molecule has 0 amide bonds. The summed E-state index contributed by atoms with van der Waals surface area (Å²) in [6.45, 7) is 3.03. The molecule has 0 aromatic heterocycles. The van der Waals surface area contributed by atoms with Gasteiger partial charge in [-0.1, -0.05) is 24.3 Å². The summed E-state index contributed by atoms with van der Waals surface area (Å²) in [7, 11) is 3.71. The Balaban J connectivity index is 1.92. The van der Waals surface area contributed by atoms with Gasteiger partial charge in [-0.05, 0) is 55.3 Å². The van der Waals surface area contributed by atoms with Crippen LogP contribution >= 0.6 is 0 Å². The van der Waals surface area contributed by atoms with Crippen LogP contribution in [-0.2, 0) is 6.42 Å². The molecule has 3 heteroatoms. The SMILES string of the molecule is CNCC1Cc2cc(OC)ccc2C1Oc1ccccc1C. The maximum atomic E-state index is 6.39. The van der Waals surface area contributed by atoms with Crippen molar-refractivity contribution in [1.82, 2.24) is 5.32 Å². The van der Waals surface area contributed by atoms with Crippen molar-refractivity contribution in [1.29, 1.82) is 0 Å². The van der Waals surface area contributed by atoms with Crippen LogP contribution in [0.2, 0.25) is 0 Å². The molecule has 0 spiro atoms. The minimum atomic E-state index is 0.0921. The highest BCUT2D eigenvalue weighted by Crippen LogP contribution is 2.41. The Morgan fingerprint density at radius 3 is 2.73 bits per heavy atom. The van der Waals surface area contributed by atoms with E-state index in [-0.39, 0.29) is 6.10 Å². The average Bonchev–Trinajstić information content (AvgIpc) is 2.86. The van der Waals surface area contributed by atoms with Gasteiger partial charge in [0.05, 0.1) is 7.11 Å². The first kappa shape index (κ1) is 14.9. The second-order valence-electron chi connectivity index (χ2n) is 5.89. The first-order chi connectivity index (χ1) is 10.7. The van der Waals surface area contributed by atoms with Crippen LogP contribution in [0, 0.1) is 12.8 Å². The molecule has 22 heavy (non-hydrogen) atoms. The molecule has 1 aliphatic carbocycles. The summed E-state index contributed by atoms with van der Waals surface area (Å²) in [5.74, 6) is 2.32. The number of benzene rings is 2. The Kier molecular flexibility index (Phi) is 4.34. The van der Waals surface area contributed by atoms with Crippen LogP contribution < -0.4 is 14.8 Å². The molecule has 0 saturated heterocycles. The van der Waals surface area contributed by atoms with Crippen molar-refractivity contribution < 1.29 is 9.47 Å². The van der Waals surface area contributed by atoms with Gasteiger partial charge in [-0.25, -0.2) is 0 Å². The van der Waals surface area contributed by atoms with Crippen molar-refractivity contribution >= 4 is 0 Å². The Morgan fingerprint density at radius 1 is 1.18 bits per heavy atom. The van der Waals surface area contributed by atoms with Crippen LogP contribution in [0.15, 0.2) is 42.5 Å². The molecule has 3 nitrogen and oxygen atoms in total. The molecule has 2 aromatic rings. The molecular weight excluding hydrogens is 274 g/mol. The number of hydrogen-bond acceptors (Lipinski definition) is 3. The zero-order chi connectivity index (χ0) is 15.5. The topological polar surface area (TPSA) is 30.5 Å². The largest absolute Gasteiger partial charge is 0.497 e. The average molecular weight is 297 g/mol. The molecule has 0 fully saturated rings. The minimum absolute atomic E-state index is 0.0921. The number of para-hydroxylation sites is 1. The van der Waals surface area contributed by atoms with Gasteiger partial charge in [0.1, 0.15) is 17.6 Å². The summed E-state index contributed by atoms with van der Waals surface area (Å²) >= 11 is 0. The first-order valence-electron chi connectivity index (χ1n) is 7.76. The Labute approximate surface area is 132 Å². The molecule has 0 radical (unpaired) electrons. The summed E-state index contributed by atoms with van der Waals surface area (Å²) in [5.41, 5.74) is 3.79. The lowest BCUT2D eigenvalue weighted by molar-refractivity contribution is 0.148. The van der Waals surface area contributed by atoms with Gasteiger partial charge in [0.25, 0.3) is 0 Å². The predicted octanol–water partition coefficient (Wildman–Crippen LogP) is 3.52. The van der Waals surface area contributed by atoms with Crippen LogP contribution in [0.4, 0.5) is 0 Å². The summed E-state index contributed by atoms with van der Waals surface area (Å²) in [6.07, 6.45) is 1.11. The van der Waals surface area contributed by atoms with E-state index in [0.29, 0.717) is 5.92 Å². The maximum absolute atomic E-state index is 6.39. The fourth-order valence-corrected chi connectivity index (χ4v) is 3.23. The van der Waals surface area contributed by atoms with Gasteiger partial charge in [-0.3, -0.25) is 0 Å². The third kappa shape index (κ3) is 2.81. The summed E-state index contributed by atoms with van der Waals surface area (Å²) in [6, 6.07) is 14.5. The zero-order valence-corrected chi connectivity index (χ0v) is 13.4. The van der Waals surface area contributed by atoms with Crippen molar-refractivity contribution in [3.63, 3.8) is 0 Å². The van der Waals surface area contributed by atoms with Crippen molar-refractivity contribution in [3.05, 3.63) is 59.2 Å². The van der Waals surface area contributed by atoms with Crippen LogP contribution in [0.1, 0.15) is 22.8 Å². The van der Waals surface area contributed by atoms with E-state index < -0.39 is 0 Å². The van der Waals surface area contributed by atoms with E-state index in [2.05, 4.69) is 30.4 Å². The number of ether oxygens (including phenoxy) is 2. The van der Waals surface area contributed by atoms with E-state index >= 15 is 0 Å². The molecule has 0 saturated carbocycles. The molecule has 2 unspecified atom stereocenters. The summed E-state index contributed by atoms with van der Waals surface area (Å²) < 4.78 is 11.7. The Bertz CT molecular complexity index is 654. The molecule has 0 bridgehead atoms. The number of rotatable bonds is 5. The molecule has 2 aromatic carbocycles. The quantitative estimate of drug-likeness (QED) is 0.916. The van der Waals surface area contributed by atoms with E-state index in [9.17, 15) is 0 Å². The lowest BCUT2D eigenvalue weighted by Crippen LogP contribution is -2.25. The van der Waals surface area contributed by atoms with Crippen LogP contribution in [-0.4, -0.2) is 20.7 Å². The normalized spacial score (nSPS) is 19.8. The third-order valence-electron chi connectivity index (χ3n) is 4.38. The Morgan fingerprint density at radius 2 is 2.00 bits per heavy atom. The Hall–Kier alpha value is -2.00. The fourth-order valence-electron chi connectivity index (χ4n) is 3.23. The van der Waals surface area contributed by atoms with Crippen molar-refractivity contribution in [3.8, 4) is 11.5 Å². The second kappa shape index (κ2) is 6.41. The molecular formula is C19H23NO2. The van der Waals surface area contributed by atoms with E-state index in [1.807, 2.05) is 31.3 Å². The van der Waals surface area contributed by atoms with E-state index in [4.69, 9.17) is 9.47 Å².